The van der Waals surface area contributed by atoms with Gasteiger partial charge in [-0.3, -0.25) is 9.67 Å². The van der Waals surface area contributed by atoms with E-state index in [4.69, 9.17) is 4.74 Å². The van der Waals surface area contributed by atoms with Crippen LogP contribution >= 0.6 is 0 Å². The molecule has 1 unspecified atom stereocenters. The summed E-state index contributed by atoms with van der Waals surface area (Å²) in [6.07, 6.45) is 6.39. The quantitative estimate of drug-likeness (QED) is 0.455. The van der Waals surface area contributed by atoms with E-state index in [2.05, 4.69) is 37.2 Å². The van der Waals surface area contributed by atoms with Crippen molar-refractivity contribution < 1.29 is 4.74 Å². The van der Waals surface area contributed by atoms with E-state index in [1.807, 2.05) is 31.2 Å². The van der Waals surface area contributed by atoms with E-state index in [1.165, 1.54) is 32.6 Å². The highest BCUT2D eigenvalue weighted by molar-refractivity contribution is 5.80. The van der Waals surface area contributed by atoms with Gasteiger partial charge in [-0.05, 0) is 39.5 Å². The van der Waals surface area contributed by atoms with E-state index in [0.717, 1.165) is 44.1 Å². The molecule has 1 aromatic heterocycles. The molecule has 0 amide bonds. The number of morpholine rings is 1. The molecule has 8 heteroatoms. The molecule has 2 aliphatic rings. The van der Waals surface area contributed by atoms with Gasteiger partial charge < -0.3 is 24.8 Å². The van der Waals surface area contributed by atoms with E-state index in [9.17, 15) is 0 Å². The first-order valence-corrected chi connectivity index (χ1v) is 10.1. The second-order valence-electron chi connectivity index (χ2n) is 7.58. The van der Waals surface area contributed by atoms with Gasteiger partial charge in [0.2, 0.25) is 0 Å². The van der Waals surface area contributed by atoms with E-state index >= 15 is 0 Å². The van der Waals surface area contributed by atoms with Crippen LogP contribution in [0.4, 0.5) is 0 Å². The van der Waals surface area contributed by atoms with Crippen LogP contribution in [0.25, 0.3) is 0 Å². The fourth-order valence-corrected chi connectivity index (χ4v) is 3.81. The topological polar surface area (TPSA) is 61.2 Å². The molecule has 2 saturated heterocycles. The van der Waals surface area contributed by atoms with E-state index in [1.54, 1.807) is 0 Å². The van der Waals surface area contributed by atoms with Crippen LogP contribution in [0, 0.1) is 0 Å². The standard InChI is InChI=1S/C19H35N7O/c1-20-19(21-6-4-8-25-9-5-7-23(2)10-11-25)26-12-13-27-18(16-26)17-14-22-24(3)15-17/h14-15,18H,4-13,16H2,1-3H3,(H,20,21). The third kappa shape index (κ3) is 5.92. The predicted octanol–water partition coefficient (Wildman–Crippen LogP) is 0.396. The molecule has 8 nitrogen and oxygen atoms in total. The Balaban J connectivity index is 1.42. The molecular formula is C19H35N7O. The minimum Gasteiger partial charge on any atom is -0.370 e. The van der Waals surface area contributed by atoms with E-state index < -0.39 is 0 Å². The van der Waals surface area contributed by atoms with Gasteiger partial charge >= 0.3 is 0 Å². The summed E-state index contributed by atoms with van der Waals surface area (Å²) in [5.74, 6) is 0.975. The van der Waals surface area contributed by atoms with Crippen LogP contribution in [-0.4, -0.2) is 104 Å². The lowest BCUT2D eigenvalue weighted by Crippen LogP contribution is -2.48. The van der Waals surface area contributed by atoms with Crippen LogP contribution in [0.15, 0.2) is 17.4 Å². The first kappa shape index (κ1) is 20.1. The number of ether oxygens (including phenoxy) is 1. The molecule has 1 atom stereocenters. The normalized spacial score (nSPS) is 23.4. The maximum absolute atomic E-state index is 5.94. The Morgan fingerprint density at radius 3 is 2.93 bits per heavy atom. The van der Waals surface area contributed by atoms with Crippen molar-refractivity contribution in [2.75, 3.05) is 73.1 Å². The fraction of sp³-hybridized carbons (Fsp3) is 0.789. The maximum atomic E-state index is 5.94. The predicted molar refractivity (Wildman–Crippen MR) is 108 cm³/mol. The molecule has 0 aromatic carbocycles. The van der Waals surface area contributed by atoms with Gasteiger partial charge in [0.05, 0.1) is 19.3 Å². The van der Waals surface area contributed by atoms with Gasteiger partial charge in [-0.2, -0.15) is 5.10 Å². The SMILES string of the molecule is CN=C(NCCCN1CCCN(C)CC1)N1CCOC(c2cnn(C)c2)C1. The van der Waals surface area contributed by atoms with Gasteiger partial charge in [-0.1, -0.05) is 0 Å². The minimum atomic E-state index is 0.0556. The van der Waals surface area contributed by atoms with Crippen LogP contribution in [0.5, 0.6) is 0 Å². The number of guanidine groups is 1. The number of hydrogen-bond donors (Lipinski definition) is 1. The first-order valence-electron chi connectivity index (χ1n) is 10.1. The Morgan fingerprint density at radius 1 is 1.26 bits per heavy atom. The molecule has 0 spiro atoms. The largest absolute Gasteiger partial charge is 0.370 e. The highest BCUT2D eigenvalue weighted by atomic mass is 16.5. The van der Waals surface area contributed by atoms with E-state index in [-0.39, 0.29) is 6.10 Å². The van der Waals surface area contributed by atoms with E-state index in [0.29, 0.717) is 6.61 Å². The fourth-order valence-electron chi connectivity index (χ4n) is 3.81. The molecule has 0 aliphatic carbocycles. The van der Waals surface area contributed by atoms with Gasteiger partial charge in [-0.15, -0.1) is 0 Å². The first-order chi connectivity index (χ1) is 13.2. The number of aromatic nitrogens is 2. The summed E-state index contributed by atoms with van der Waals surface area (Å²) in [6, 6.07) is 0. The Hall–Kier alpha value is -1.64. The molecule has 2 fully saturated rings. The second-order valence-corrected chi connectivity index (χ2v) is 7.58. The number of likely N-dealkylation sites (N-methyl/N-ethyl adjacent to an activating group) is 1. The Kier molecular flexibility index (Phi) is 7.49. The summed E-state index contributed by atoms with van der Waals surface area (Å²) in [7, 11) is 6.02. The van der Waals surface area contributed by atoms with Gasteiger partial charge in [-0.25, -0.2) is 0 Å². The van der Waals surface area contributed by atoms with Crippen LogP contribution < -0.4 is 5.32 Å². The van der Waals surface area contributed by atoms with Gasteiger partial charge in [0.1, 0.15) is 6.10 Å². The summed E-state index contributed by atoms with van der Waals surface area (Å²) in [4.78, 5) is 11.8. The molecule has 2 aliphatic heterocycles. The maximum Gasteiger partial charge on any atom is 0.193 e. The number of aliphatic imine (C=N–C) groups is 1. The number of aryl methyl sites for hydroxylation is 1. The van der Waals surface area contributed by atoms with Crippen LogP contribution in [0.2, 0.25) is 0 Å². The molecule has 0 radical (unpaired) electrons. The number of hydrogen-bond acceptors (Lipinski definition) is 5. The highest BCUT2D eigenvalue weighted by Gasteiger charge is 2.25. The molecular weight excluding hydrogens is 342 g/mol. The number of rotatable bonds is 5. The van der Waals surface area contributed by atoms with Crippen molar-refractivity contribution in [2.45, 2.75) is 18.9 Å². The van der Waals surface area contributed by atoms with Crippen molar-refractivity contribution in [1.29, 1.82) is 0 Å². The average molecular weight is 378 g/mol. The van der Waals surface area contributed by atoms with Crippen molar-refractivity contribution in [2.24, 2.45) is 12.0 Å². The zero-order valence-electron chi connectivity index (χ0n) is 17.1. The Morgan fingerprint density at radius 2 is 2.15 bits per heavy atom. The molecule has 0 bridgehead atoms. The van der Waals surface area contributed by atoms with Gasteiger partial charge in [0.25, 0.3) is 0 Å². The lowest BCUT2D eigenvalue weighted by Gasteiger charge is -2.34. The molecule has 27 heavy (non-hydrogen) atoms. The van der Waals surface area contributed by atoms with Crippen LogP contribution in [0.3, 0.4) is 0 Å². The smallest absolute Gasteiger partial charge is 0.193 e. The number of nitrogens with zero attached hydrogens (tertiary/aromatic N) is 6. The van der Waals surface area contributed by atoms with Gasteiger partial charge in [0.15, 0.2) is 5.96 Å². The Labute approximate surface area is 163 Å². The number of nitrogens with one attached hydrogen (secondary N) is 1. The van der Waals surface area contributed by atoms with Crippen molar-refractivity contribution in [1.82, 2.24) is 29.8 Å². The summed E-state index contributed by atoms with van der Waals surface area (Å²) < 4.78 is 7.76. The summed E-state index contributed by atoms with van der Waals surface area (Å²) in [5, 5.41) is 7.81. The van der Waals surface area contributed by atoms with Crippen molar-refractivity contribution >= 4 is 5.96 Å². The van der Waals surface area contributed by atoms with Gasteiger partial charge in [0, 0.05) is 52.0 Å². The molecule has 0 saturated carbocycles. The Bertz CT molecular complexity index is 603. The lowest BCUT2D eigenvalue weighted by molar-refractivity contribution is -0.00802. The van der Waals surface area contributed by atoms with Crippen LogP contribution in [0.1, 0.15) is 24.5 Å². The zero-order valence-corrected chi connectivity index (χ0v) is 17.1. The molecule has 152 valence electrons. The molecule has 1 aromatic rings. The zero-order chi connectivity index (χ0) is 19.1. The van der Waals surface area contributed by atoms with Crippen molar-refractivity contribution in [3.8, 4) is 0 Å². The summed E-state index contributed by atoms with van der Waals surface area (Å²) in [5.41, 5.74) is 1.13. The second kappa shape index (κ2) is 10.1. The minimum absolute atomic E-state index is 0.0556. The monoisotopic (exact) mass is 377 g/mol. The molecule has 1 N–H and O–H groups in total. The molecule has 3 rings (SSSR count). The third-order valence-electron chi connectivity index (χ3n) is 5.42. The average Bonchev–Trinajstić information content (AvgIpc) is 3.01. The van der Waals surface area contributed by atoms with Crippen molar-refractivity contribution in [3.63, 3.8) is 0 Å². The summed E-state index contributed by atoms with van der Waals surface area (Å²) in [6.45, 7) is 9.29. The summed E-state index contributed by atoms with van der Waals surface area (Å²) >= 11 is 0. The van der Waals surface area contributed by atoms with Crippen LogP contribution in [-0.2, 0) is 11.8 Å². The highest BCUT2D eigenvalue weighted by Crippen LogP contribution is 2.21. The van der Waals surface area contributed by atoms with Crippen molar-refractivity contribution in [3.05, 3.63) is 18.0 Å². The molecule has 3 heterocycles. The third-order valence-corrected chi connectivity index (χ3v) is 5.42. The lowest BCUT2D eigenvalue weighted by atomic mass is 10.1.